The zero-order valence-corrected chi connectivity index (χ0v) is 7.30. The summed E-state index contributed by atoms with van der Waals surface area (Å²) in [6.07, 6.45) is 2.79. The lowest BCUT2D eigenvalue weighted by Gasteiger charge is -2.28. The van der Waals surface area contributed by atoms with Crippen LogP contribution in [-0.4, -0.2) is 19.5 Å². The molecular weight excluding hydrogens is 140 g/mol. The van der Waals surface area contributed by atoms with Crippen LogP contribution in [0, 0.1) is 5.41 Å². The Morgan fingerprint density at radius 3 is 2.45 bits per heavy atom. The van der Waals surface area contributed by atoms with Crippen molar-refractivity contribution in [2.45, 2.75) is 26.6 Å². The molecular formula is C9H16O2. The van der Waals surface area contributed by atoms with Crippen LogP contribution in [0.2, 0.25) is 0 Å². The van der Waals surface area contributed by atoms with Crippen molar-refractivity contribution in [3.05, 3.63) is 12.7 Å². The Balaban J connectivity index is 2.47. The zero-order chi connectivity index (χ0) is 8.32. The van der Waals surface area contributed by atoms with Crippen LogP contribution in [0.15, 0.2) is 12.7 Å². The van der Waals surface area contributed by atoms with E-state index in [2.05, 4.69) is 20.4 Å². The van der Waals surface area contributed by atoms with Crippen LogP contribution in [0.3, 0.4) is 0 Å². The Morgan fingerprint density at radius 2 is 2.00 bits per heavy atom. The molecule has 2 heteroatoms. The minimum Gasteiger partial charge on any atom is -0.350 e. The molecule has 0 aromatic carbocycles. The Labute approximate surface area is 68.2 Å². The molecule has 0 radical (unpaired) electrons. The second-order valence-electron chi connectivity index (χ2n) is 3.55. The van der Waals surface area contributed by atoms with Crippen LogP contribution < -0.4 is 0 Å². The number of ether oxygens (including phenoxy) is 2. The minimum atomic E-state index is -0.0412. The first kappa shape index (κ1) is 8.75. The van der Waals surface area contributed by atoms with E-state index >= 15 is 0 Å². The lowest BCUT2D eigenvalue weighted by atomic mass is 9.89. The summed E-state index contributed by atoms with van der Waals surface area (Å²) in [6, 6.07) is 0. The minimum absolute atomic E-state index is 0.0412. The highest BCUT2D eigenvalue weighted by atomic mass is 16.7. The quantitative estimate of drug-likeness (QED) is 0.581. The molecule has 64 valence electrons. The van der Waals surface area contributed by atoms with Crippen molar-refractivity contribution < 1.29 is 9.47 Å². The maximum absolute atomic E-state index is 5.40. The second kappa shape index (κ2) is 3.37. The van der Waals surface area contributed by atoms with E-state index in [4.69, 9.17) is 9.47 Å². The topological polar surface area (TPSA) is 18.5 Å². The average molecular weight is 156 g/mol. The predicted molar refractivity (Wildman–Crippen MR) is 44.3 cm³/mol. The number of hydrogen-bond donors (Lipinski definition) is 0. The highest BCUT2D eigenvalue weighted by Crippen LogP contribution is 2.30. The summed E-state index contributed by atoms with van der Waals surface area (Å²) in [5.41, 5.74) is 0.0677. The zero-order valence-electron chi connectivity index (χ0n) is 7.30. The molecule has 0 aromatic rings. The van der Waals surface area contributed by atoms with E-state index in [0.717, 1.165) is 19.6 Å². The van der Waals surface area contributed by atoms with Gasteiger partial charge in [0, 0.05) is 5.41 Å². The van der Waals surface area contributed by atoms with Crippen molar-refractivity contribution in [1.82, 2.24) is 0 Å². The summed E-state index contributed by atoms with van der Waals surface area (Å²) in [5, 5.41) is 0. The maximum atomic E-state index is 5.40. The van der Waals surface area contributed by atoms with Crippen LogP contribution in [0.5, 0.6) is 0 Å². The van der Waals surface area contributed by atoms with Crippen LogP contribution in [0.25, 0.3) is 0 Å². The highest BCUT2D eigenvalue weighted by molar-refractivity contribution is 4.83. The van der Waals surface area contributed by atoms with Gasteiger partial charge in [-0.3, -0.25) is 0 Å². The monoisotopic (exact) mass is 156 g/mol. The summed E-state index contributed by atoms with van der Waals surface area (Å²) in [6.45, 7) is 9.42. The van der Waals surface area contributed by atoms with Crippen LogP contribution >= 0.6 is 0 Å². The summed E-state index contributed by atoms with van der Waals surface area (Å²) in [4.78, 5) is 0. The van der Waals surface area contributed by atoms with Gasteiger partial charge in [0.25, 0.3) is 0 Å². The molecule has 1 saturated heterocycles. The van der Waals surface area contributed by atoms with E-state index in [1.807, 2.05) is 6.08 Å². The molecule has 0 spiro atoms. The molecule has 0 amide bonds. The fourth-order valence-corrected chi connectivity index (χ4v) is 1.28. The fraction of sp³-hybridized carbons (Fsp3) is 0.778. The van der Waals surface area contributed by atoms with Gasteiger partial charge in [-0.2, -0.15) is 0 Å². The molecule has 1 heterocycles. The van der Waals surface area contributed by atoms with Gasteiger partial charge in [-0.15, -0.1) is 6.58 Å². The maximum Gasteiger partial charge on any atom is 0.163 e. The van der Waals surface area contributed by atoms with E-state index in [1.165, 1.54) is 0 Å². The lowest BCUT2D eigenvalue weighted by Crippen LogP contribution is -2.29. The van der Waals surface area contributed by atoms with Crippen LogP contribution in [0.1, 0.15) is 20.3 Å². The molecule has 2 nitrogen and oxygen atoms in total. The van der Waals surface area contributed by atoms with Crippen molar-refractivity contribution in [2.24, 2.45) is 5.41 Å². The molecule has 0 saturated carbocycles. The summed E-state index contributed by atoms with van der Waals surface area (Å²) in [5.74, 6) is 0. The molecule has 0 aliphatic carbocycles. The molecule has 11 heavy (non-hydrogen) atoms. The first-order valence-corrected chi connectivity index (χ1v) is 4.01. The van der Waals surface area contributed by atoms with Gasteiger partial charge < -0.3 is 9.47 Å². The normalized spacial score (nSPS) is 20.5. The third kappa shape index (κ3) is 2.04. The van der Waals surface area contributed by atoms with Crippen molar-refractivity contribution in [2.75, 3.05) is 13.2 Å². The summed E-state index contributed by atoms with van der Waals surface area (Å²) < 4.78 is 10.8. The first-order valence-electron chi connectivity index (χ1n) is 4.01. The van der Waals surface area contributed by atoms with Crippen molar-refractivity contribution in [3.63, 3.8) is 0 Å². The number of allylic oxidation sites excluding steroid dienone is 1. The molecule has 1 rings (SSSR count). The molecule has 1 aliphatic heterocycles. The average Bonchev–Trinajstić information content (AvgIpc) is 2.37. The third-order valence-corrected chi connectivity index (χ3v) is 1.93. The van der Waals surface area contributed by atoms with E-state index in [9.17, 15) is 0 Å². The van der Waals surface area contributed by atoms with Gasteiger partial charge in [-0.05, 0) is 6.42 Å². The first-order chi connectivity index (χ1) is 5.17. The van der Waals surface area contributed by atoms with E-state index < -0.39 is 0 Å². The largest absolute Gasteiger partial charge is 0.350 e. The predicted octanol–water partition coefficient (Wildman–Crippen LogP) is 1.96. The Kier molecular flexibility index (Phi) is 2.68. The molecule has 0 bridgehead atoms. The van der Waals surface area contributed by atoms with Crippen molar-refractivity contribution in [3.8, 4) is 0 Å². The Bertz CT molecular complexity index is 134. The van der Waals surface area contributed by atoms with E-state index in [-0.39, 0.29) is 11.7 Å². The van der Waals surface area contributed by atoms with Gasteiger partial charge >= 0.3 is 0 Å². The van der Waals surface area contributed by atoms with Crippen molar-refractivity contribution in [1.29, 1.82) is 0 Å². The summed E-state index contributed by atoms with van der Waals surface area (Å²) in [7, 11) is 0. The molecule has 1 aliphatic rings. The van der Waals surface area contributed by atoms with Gasteiger partial charge in [0.15, 0.2) is 6.29 Å². The van der Waals surface area contributed by atoms with Gasteiger partial charge in [-0.25, -0.2) is 0 Å². The second-order valence-corrected chi connectivity index (χ2v) is 3.55. The highest BCUT2D eigenvalue weighted by Gasteiger charge is 2.32. The van der Waals surface area contributed by atoms with Crippen LogP contribution in [0.4, 0.5) is 0 Å². The number of hydrogen-bond acceptors (Lipinski definition) is 2. The Morgan fingerprint density at radius 1 is 1.45 bits per heavy atom. The standard InChI is InChI=1S/C9H16O2/c1-4-5-9(2,3)8-10-6-7-11-8/h4,8H,1,5-7H2,2-3H3. The van der Waals surface area contributed by atoms with E-state index in [1.54, 1.807) is 0 Å². The van der Waals surface area contributed by atoms with Gasteiger partial charge in [0.1, 0.15) is 0 Å². The van der Waals surface area contributed by atoms with Gasteiger partial charge in [0.2, 0.25) is 0 Å². The molecule has 0 aromatic heterocycles. The molecule has 1 fully saturated rings. The molecule has 0 atom stereocenters. The number of rotatable bonds is 3. The van der Waals surface area contributed by atoms with Crippen LogP contribution in [-0.2, 0) is 9.47 Å². The van der Waals surface area contributed by atoms with Gasteiger partial charge in [-0.1, -0.05) is 19.9 Å². The SMILES string of the molecule is C=CCC(C)(C)C1OCCO1. The summed E-state index contributed by atoms with van der Waals surface area (Å²) >= 11 is 0. The smallest absolute Gasteiger partial charge is 0.163 e. The Hall–Kier alpha value is -0.340. The third-order valence-electron chi connectivity index (χ3n) is 1.93. The fourth-order valence-electron chi connectivity index (χ4n) is 1.28. The van der Waals surface area contributed by atoms with Crippen molar-refractivity contribution >= 4 is 0 Å². The van der Waals surface area contributed by atoms with Gasteiger partial charge in [0.05, 0.1) is 13.2 Å². The van der Waals surface area contributed by atoms with E-state index in [0.29, 0.717) is 0 Å². The molecule has 0 unspecified atom stereocenters. The molecule has 0 N–H and O–H groups in total. The lowest BCUT2D eigenvalue weighted by molar-refractivity contribution is -0.118.